The molecular weight excluding hydrogens is 127 g/mol. The predicted octanol–water partition coefficient (Wildman–Crippen LogP) is 1.47. The fourth-order valence-corrected chi connectivity index (χ4v) is 1.24. The Bertz CT molecular complexity index is 103. The molecule has 1 heterocycles. The number of hydrogen-bond acceptors (Lipinski definition) is 3. The summed E-state index contributed by atoms with van der Waals surface area (Å²) in [6.07, 6.45) is 0.952. The van der Waals surface area contributed by atoms with E-state index in [4.69, 9.17) is 4.52 Å². The lowest BCUT2D eigenvalue weighted by Crippen LogP contribution is -2.11. The van der Waals surface area contributed by atoms with Gasteiger partial charge in [0.05, 0.1) is 0 Å². The fraction of sp³-hybridized carbons (Fsp3) is 1.00. The van der Waals surface area contributed by atoms with Gasteiger partial charge < -0.3 is 0 Å². The van der Waals surface area contributed by atoms with E-state index in [2.05, 4.69) is 4.52 Å². The summed E-state index contributed by atoms with van der Waals surface area (Å²) < 4.78 is 19.8. The molecule has 0 saturated carbocycles. The molecule has 1 fully saturated rings. The van der Waals surface area contributed by atoms with Crippen molar-refractivity contribution in [2.45, 2.75) is 19.4 Å². The van der Waals surface area contributed by atoms with Crippen molar-refractivity contribution in [3.8, 4) is 0 Å². The normalized spacial score (nSPS) is 35.1. The first-order valence-corrected chi connectivity index (χ1v) is 3.65. The van der Waals surface area contributed by atoms with Gasteiger partial charge >= 0.3 is 8.25 Å². The third kappa shape index (κ3) is 1.51. The van der Waals surface area contributed by atoms with Gasteiger partial charge in [0.15, 0.2) is 0 Å². The zero-order valence-corrected chi connectivity index (χ0v) is 5.56. The Kier molecular flexibility index (Phi) is 1.95. The Labute approximate surface area is 48.9 Å². The summed E-state index contributed by atoms with van der Waals surface area (Å²) in [6, 6.07) is 0. The Balaban J connectivity index is 2.34. The van der Waals surface area contributed by atoms with Crippen LogP contribution >= 0.6 is 8.25 Å². The Morgan fingerprint density at radius 3 is 2.88 bits per heavy atom. The molecule has 0 amide bonds. The van der Waals surface area contributed by atoms with Gasteiger partial charge in [-0.3, -0.25) is 0 Å². The molecule has 1 rings (SSSR count). The van der Waals surface area contributed by atoms with Crippen LogP contribution in [0.1, 0.15) is 13.3 Å². The predicted molar refractivity (Wildman–Crippen MR) is 28.7 cm³/mol. The molecule has 0 spiro atoms. The van der Waals surface area contributed by atoms with Crippen LogP contribution in [0.2, 0.25) is 0 Å². The van der Waals surface area contributed by atoms with E-state index in [1.165, 1.54) is 0 Å². The van der Waals surface area contributed by atoms with E-state index in [1.54, 1.807) is 0 Å². The van der Waals surface area contributed by atoms with Gasteiger partial charge in [-0.2, -0.15) is 0 Å². The van der Waals surface area contributed by atoms with Crippen LogP contribution in [0.4, 0.5) is 0 Å². The summed E-state index contributed by atoms with van der Waals surface area (Å²) in [7, 11) is -1.78. The molecule has 1 saturated heterocycles. The quantitative estimate of drug-likeness (QED) is 0.472. The SMILES string of the molecule is C[C@@H]1CCO[P+](=O)O1. The Hall–Kier alpha value is 0.0200. The van der Waals surface area contributed by atoms with Gasteiger partial charge in [-0.15, -0.1) is 9.05 Å². The van der Waals surface area contributed by atoms with Gasteiger partial charge in [0.1, 0.15) is 12.7 Å². The van der Waals surface area contributed by atoms with E-state index >= 15 is 0 Å². The van der Waals surface area contributed by atoms with Crippen LogP contribution in [0.3, 0.4) is 0 Å². The van der Waals surface area contributed by atoms with Gasteiger partial charge in [0.2, 0.25) is 0 Å². The molecule has 1 aliphatic heterocycles. The van der Waals surface area contributed by atoms with Gasteiger partial charge in [0.25, 0.3) is 0 Å². The minimum absolute atomic E-state index is 0.104. The van der Waals surface area contributed by atoms with Crippen LogP contribution in [0, 0.1) is 0 Å². The summed E-state index contributed by atoms with van der Waals surface area (Å²) in [5.74, 6) is 0. The van der Waals surface area contributed by atoms with Crippen molar-refractivity contribution < 1.29 is 13.6 Å². The van der Waals surface area contributed by atoms with Crippen molar-refractivity contribution >= 4 is 8.25 Å². The van der Waals surface area contributed by atoms with Crippen LogP contribution in [-0.2, 0) is 13.6 Å². The van der Waals surface area contributed by atoms with Crippen molar-refractivity contribution in [2.24, 2.45) is 0 Å². The van der Waals surface area contributed by atoms with Crippen LogP contribution in [0.25, 0.3) is 0 Å². The van der Waals surface area contributed by atoms with Crippen LogP contribution < -0.4 is 0 Å². The lowest BCUT2D eigenvalue weighted by molar-refractivity contribution is 0.108. The molecule has 1 unspecified atom stereocenters. The molecule has 0 aromatic rings. The third-order valence-corrected chi connectivity index (χ3v) is 1.91. The number of rotatable bonds is 0. The molecule has 0 N–H and O–H groups in total. The van der Waals surface area contributed by atoms with Crippen molar-refractivity contribution in [1.82, 2.24) is 0 Å². The number of hydrogen-bond donors (Lipinski definition) is 0. The van der Waals surface area contributed by atoms with Gasteiger partial charge in [0, 0.05) is 11.0 Å². The zero-order valence-electron chi connectivity index (χ0n) is 4.66. The monoisotopic (exact) mass is 135 g/mol. The average molecular weight is 135 g/mol. The molecule has 3 nitrogen and oxygen atoms in total. The standard InChI is InChI=1S/C4H8O3P/c1-4-2-3-6-8(5)7-4/h4H,2-3H2,1H3/q+1/t4-/m1/s1. The summed E-state index contributed by atoms with van der Waals surface area (Å²) in [5, 5.41) is 0. The maximum absolute atomic E-state index is 10.4. The highest BCUT2D eigenvalue weighted by Gasteiger charge is 2.29. The highest BCUT2D eigenvalue weighted by Crippen LogP contribution is 2.31. The first kappa shape index (κ1) is 6.14. The van der Waals surface area contributed by atoms with Crippen molar-refractivity contribution in [1.29, 1.82) is 0 Å². The van der Waals surface area contributed by atoms with Crippen molar-refractivity contribution in [3.63, 3.8) is 0 Å². The zero-order chi connectivity index (χ0) is 5.98. The van der Waals surface area contributed by atoms with Gasteiger partial charge in [-0.25, -0.2) is 0 Å². The molecule has 0 bridgehead atoms. The summed E-state index contributed by atoms with van der Waals surface area (Å²) in [6.45, 7) is 2.45. The maximum atomic E-state index is 10.4. The second kappa shape index (κ2) is 2.53. The van der Waals surface area contributed by atoms with Gasteiger partial charge in [-0.05, 0) is 6.92 Å². The highest BCUT2D eigenvalue weighted by molar-refractivity contribution is 7.33. The van der Waals surface area contributed by atoms with E-state index in [1.807, 2.05) is 6.92 Å². The van der Waals surface area contributed by atoms with Crippen molar-refractivity contribution in [2.75, 3.05) is 6.61 Å². The second-order valence-electron chi connectivity index (χ2n) is 1.76. The van der Waals surface area contributed by atoms with E-state index in [0.29, 0.717) is 6.61 Å². The first-order valence-electron chi connectivity index (χ1n) is 2.56. The van der Waals surface area contributed by atoms with E-state index in [0.717, 1.165) is 6.42 Å². The minimum atomic E-state index is -1.78. The summed E-state index contributed by atoms with van der Waals surface area (Å²) in [5.41, 5.74) is 0. The highest BCUT2D eigenvalue weighted by atomic mass is 31.1. The van der Waals surface area contributed by atoms with Crippen LogP contribution in [0.5, 0.6) is 0 Å². The molecule has 2 atom stereocenters. The van der Waals surface area contributed by atoms with Gasteiger partial charge in [-0.1, -0.05) is 0 Å². The average Bonchev–Trinajstić information content (AvgIpc) is 1.64. The van der Waals surface area contributed by atoms with Crippen LogP contribution in [0.15, 0.2) is 0 Å². The molecule has 0 aliphatic carbocycles. The van der Waals surface area contributed by atoms with E-state index in [9.17, 15) is 4.57 Å². The first-order chi connectivity index (χ1) is 3.79. The lowest BCUT2D eigenvalue weighted by Gasteiger charge is -2.04. The smallest absolute Gasteiger partial charge is 0.119 e. The lowest BCUT2D eigenvalue weighted by atomic mass is 10.3. The summed E-state index contributed by atoms with van der Waals surface area (Å²) in [4.78, 5) is 0. The molecular formula is C4H8O3P+. The van der Waals surface area contributed by atoms with Crippen molar-refractivity contribution in [3.05, 3.63) is 0 Å². The summed E-state index contributed by atoms with van der Waals surface area (Å²) >= 11 is 0. The minimum Gasteiger partial charge on any atom is -0.119 e. The third-order valence-electron chi connectivity index (χ3n) is 0.987. The second-order valence-corrected chi connectivity index (χ2v) is 2.68. The molecule has 0 aromatic carbocycles. The largest absolute Gasteiger partial charge is 0.697 e. The molecule has 1 aliphatic rings. The molecule has 4 heteroatoms. The Morgan fingerprint density at radius 1 is 1.75 bits per heavy atom. The molecule has 0 radical (unpaired) electrons. The van der Waals surface area contributed by atoms with E-state index in [-0.39, 0.29) is 6.10 Å². The Morgan fingerprint density at radius 2 is 2.50 bits per heavy atom. The van der Waals surface area contributed by atoms with Crippen LogP contribution in [-0.4, -0.2) is 12.7 Å². The maximum Gasteiger partial charge on any atom is 0.697 e. The molecule has 46 valence electrons. The van der Waals surface area contributed by atoms with E-state index < -0.39 is 8.25 Å². The fourth-order valence-electron chi connectivity index (χ4n) is 0.523. The molecule has 0 aromatic heterocycles. The topological polar surface area (TPSA) is 35.5 Å². The molecule has 8 heavy (non-hydrogen) atoms.